The van der Waals surface area contributed by atoms with Gasteiger partial charge in [0.1, 0.15) is 11.1 Å². The molecule has 0 N–H and O–H groups in total. The molecule has 0 bridgehead atoms. The second-order valence-electron chi connectivity index (χ2n) is 4.35. The van der Waals surface area contributed by atoms with Crippen LogP contribution >= 0.6 is 11.3 Å². The van der Waals surface area contributed by atoms with Crippen LogP contribution in [0.25, 0.3) is 10.6 Å². The molecule has 0 aromatic carbocycles. The molecule has 0 saturated heterocycles. The maximum Gasteiger partial charge on any atom is 0.225 e. The van der Waals surface area contributed by atoms with Crippen LogP contribution in [0.5, 0.6) is 5.88 Å². The number of hydrogen-bond acceptors (Lipinski definition) is 4. The zero-order valence-corrected chi connectivity index (χ0v) is 10.5. The predicted octanol–water partition coefficient (Wildman–Crippen LogP) is 3.44. The van der Waals surface area contributed by atoms with Crippen LogP contribution in [0.4, 0.5) is 0 Å². The maximum atomic E-state index is 5.77. The van der Waals surface area contributed by atoms with Gasteiger partial charge in [-0.1, -0.05) is 0 Å². The van der Waals surface area contributed by atoms with Gasteiger partial charge in [0.15, 0.2) is 0 Å². The number of rotatable bonds is 3. The molecule has 0 atom stereocenters. The highest BCUT2D eigenvalue weighted by atomic mass is 32.1. The van der Waals surface area contributed by atoms with Gasteiger partial charge in [0, 0.05) is 18.0 Å². The minimum atomic E-state index is 0.389. The molecule has 0 unspecified atom stereocenters. The SMILES string of the molecule is Cc1ccncc1-c1nc(OC2CCC2)cs1. The van der Waals surface area contributed by atoms with Gasteiger partial charge in [-0.25, -0.2) is 4.98 Å². The zero-order valence-electron chi connectivity index (χ0n) is 9.72. The molecule has 2 aromatic heterocycles. The van der Waals surface area contributed by atoms with Gasteiger partial charge in [-0.2, -0.15) is 0 Å². The summed E-state index contributed by atoms with van der Waals surface area (Å²) >= 11 is 1.62. The molecule has 2 aromatic rings. The summed E-state index contributed by atoms with van der Waals surface area (Å²) in [5.41, 5.74) is 2.30. The molecule has 17 heavy (non-hydrogen) atoms. The second kappa shape index (κ2) is 4.45. The smallest absolute Gasteiger partial charge is 0.225 e. The average molecular weight is 246 g/mol. The molecule has 1 aliphatic rings. The molecule has 88 valence electrons. The third-order valence-corrected chi connectivity index (χ3v) is 3.95. The number of nitrogens with zero attached hydrogens (tertiary/aromatic N) is 2. The Morgan fingerprint density at radius 1 is 1.41 bits per heavy atom. The zero-order chi connectivity index (χ0) is 11.7. The first kappa shape index (κ1) is 10.7. The van der Waals surface area contributed by atoms with Crippen LogP contribution in [-0.4, -0.2) is 16.1 Å². The Labute approximate surface area is 105 Å². The minimum Gasteiger partial charge on any atom is -0.474 e. The van der Waals surface area contributed by atoms with Crippen LogP contribution in [0.15, 0.2) is 23.8 Å². The quantitative estimate of drug-likeness (QED) is 0.832. The van der Waals surface area contributed by atoms with Crippen molar-refractivity contribution in [3.8, 4) is 16.5 Å². The van der Waals surface area contributed by atoms with Crippen molar-refractivity contribution in [1.82, 2.24) is 9.97 Å². The third kappa shape index (κ3) is 2.17. The van der Waals surface area contributed by atoms with Gasteiger partial charge < -0.3 is 4.74 Å². The molecule has 1 fully saturated rings. The van der Waals surface area contributed by atoms with Crippen molar-refractivity contribution in [3.05, 3.63) is 29.4 Å². The van der Waals surface area contributed by atoms with E-state index in [1.54, 1.807) is 17.5 Å². The Balaban J connectivity index is 1.82. The van der Waals surface area contributed by atoms with Crippen LogP contribution in [-0.2, 0) is 0 Å². The number of pyridine rings is 1. The van der Waals surface area contributed by atoms with Gasteiger partial charge in [0.05, 0.1) is 5.38 Å². The molecular formula is C13H14N2OS. The van der Waals surface area contributed by atoms with E-state index in [9.17, 15) is 0 Å². The van der Waals surface area contributed by atoms with Crippen molar-refractivity contribution in [1.29, 1.82) is 0 Å². The van der Waals surface area contributed by atoms with Gasteiger partial charge in [0.2, 0.25) is 5.88 Å². The Morgan fingerprint density at radius 3 is 3.00 bits per heavy atom. The number of thiazole rings is 1. The Bertz CT molecular complexity index is 520. The van der Waals surface area contributed by atoms with Crippen molar-refractivity contribution >= 4 is 11.3 Å². The monoisotopic (exact) mass is 246 g/mol. The van der Waals surface area contributed by atoms with E-state index in [2.05, 4.69) is 16.9 Å². The summed E-state index contributed by atoms with van der Waals surface area (Å²) in [6, 6.07) is 2.00. The highest BCUT2D eigenvalue weighted by Crippen LogP contribution is 2.31. The number of hydrogen-bond donors (Lipinski definition) is 0. The van der Waals surface area contributed by atoms with Gasteiger partial charge >= 0.3 is 0 Å². The molecule has 2 heterocycles. The molecule has 0 amide bonds. The predicted molar refractivity (Wildman–Crippen MR) is 68.3 cm³/mol. The first-order chi connectivity index (χ1) is 8.33. The van der Waals surface area contributed by atoms with E-state index in [1.165, 1.54) is 24.8 Å². The number of aromatic nitrogens is 2. The highest BCUT2D eigenvalue weighted by Gasteiger charge is 2.20. The lowest BCUT2D eigenvalue weighted by Gasteiger charge is -2.24. The Morgan fingerprint density at radius 2 is 2.29 bits per heavy atom. The summed E-state index contributed by atoms with van der Waals surface area (Å²) in [5.74, 6) is 0.762. The molecule has 0 radical (unpaired) electrons. The molecule has 3 rings (SSSR count). The normalized spacial score (nSPS) is 15.6. The van der Waals surface area contributed by atoms with Crippen molar-refractivity contribution in [2.45, 2.75) is 32.3 Å². The lowest BCUT2D eigenvalue weighted by atomic mass is 9.96. The molecule has 1 saturated carbocycles. The molecule has 0 spiro atoms. The van der Waals surface area contributed by atoms with Gasteiger partial charge in [-0.05, 0) is 37.8 Å². The van der Waals surface area contributed by atoms with Crippen LogP contribution in [0, 0.1) is 6.92 Å². The molecular weight excluding hydrogens is 232 g/mol. The van der Waals surface area contributed by atoms with E-state index >= 15 is 0 Å². The second-order valence-corrected chi connectivity index (χ2v) is 5.21. The molecule has 1 aliphatic carbocycles. The van der Waals surface area contributed by atoms with E-state index in [0.29, 0.717) is 6.10 Å². The van der Waals surface area contributed by atoms with E-state index in [-0.39, 0.29) is 0 Å². The van der Waals surface area contributed by atoms with E-state index < -0.39 is 0 Å². The molecule has 3 nitrogen and oxygen atoms in total. The third-order valence-electron chi connectivity index (χ3n) is 3.09. The van der Waals surface area contributed by atoms with Crippen LogP contribution in [0.1, 0.15) is 24.8 Å². The van der Waals surface area contributed by atoms with E-state index in [0.717, 1.165) is 16.5 Å². The Kier molecular flexibility index (Phi) is 2.81. The van der Waals surface area contributed by atoms with Crippen molar-refractivity contribution in [2.24, 2.45) is 0 Å². The van der Waals surface area contributed by atoms with Crippen LogP contribution in [0.3, 0.4) is 0 Å². The summed E-state index contributed by atoms with van der Waals surface area (Å²) < 4.78 is 5.77. The number of aryl methyl sites for hydroxylation is 1. The van der Waals surface area contributed by atoms with Crippen LogP contribution in [0.2, 0.25) is 0 Å². The van der Waals surface area contributed by atoms with E-state index in [4.69, 9.17) is 4.74 Å². The summed E-state index contributed by atoms with van der Waals surface area (Å²) in [5, 5.41) is 2.98. The summed E-state index contributed by atoms with van der Waals surface area (Å²) in [7, 11) is 0. The first-order valence-electron chi connectivity index (χ1n) is 5.86. The van der Waals surface area contributed by atoms with Crippen LogP contribution < -0.4 is 4.74 Å². The van der Waals surface area contributed by atoms with E-state index in [1.807, 2.05) is 17.6 Å². The fourth-order valence-electron chi connectivity index (χ4n) is 1.78. The standard InChI is InChI=1S/C13H14N2OS/c1-9-5-6-14-7-11(9)13-15-12(8-17-13)16-10-3-2-4-10/h5-8,10H,2-4H2,1H3. The maximum absolute atomic E-state index is 5.77. The molecule has 4 heteroatoms. The summed E-state index contributed by atoms with van der Waals surface area (Å²) in [4.78, 5) is 8.66. The fourth-order valence-corrected chi connectivity index (χ4v) is 2.59. The topological polar surface area (TPSA) is 35.0 Å². The summed E-state index contributed by atoms with van der Waals surface area (Å²) in [6.07, 6.45) is 7.67. The summed E-state index contributed by atoms with van der Waals surface area (Å²) in [6.45, 7) is 2.07. The van der Waals surface area contributed by atoms with Gasteiger partial charge in [-0.3, -0.25) is 4.98 Å². The van der Waals surface area contributed by atoms with Crippen molar-refractivity contribution < 1.29 is 4.74 Å². The Hall–Kier alpha value is -1.42. The minimum absolute atomic E-state index is 0.389. The fraction of sp³-hybridized carbons (Fsp3) is 0.385. The lowest BCUT2D eigenvalue weighted by Crippen LogP contribution is -2.24. The highest BCUT2D eigenvalue weighted by molar-refractivity contribution is 7.13. The first-order valence-corrected chi connectivity index (χ1v) is 6.74. The lowest BCUT2D eigenvalue weighted by molar-refractivity contribution is 0.115. The van der Waals surface area contributed by atoms with Crippen molar-refractivity contribution in [2.75, 3.05) is 0 Å². The van der Waals surface area contributed by atoms with Gasteiger partial charge in [-0.15, -0.1) is 11.3 Å². The average Bonchev–Trinajstić information content (AvgIpc) is 2.73. The van der Waals surface area contributed by atoms with Gasteiger partial charge in [0.25, 0.3) is 0 Å². The van der Waals surface area contributed by atoms with Crippen molar-refractivity contribution in [3.63, 3.8) is 0 Å². The largest absolute Gasteiger partial charge is 0.474 e. The molecule has 0 aliphatic heterocycles. The number of ether oxygens (including phenoxy) is 1.